The van der Waals surface area contributed by atoms with E-state index in [4.69, 9.17) is 42.1 Å². The number of halogens is 2. The Morgan fingerprint density at radius 2 is 0.844 bits per heavy atom. The molecule has 6 heteroatoms. The quantitative estimate of drug-likeness (QED) is 0.407. The van der Waals surface area contributed by atoms with Gasteiger partial charge < -0.3 is 18.9 Å². The van der Waals surface area contributed by atoms with Gasteiger partial charge in [-0.2, -0.15) is 0 Å². The van der Waals surface area contributed by atoms with Gasteiger partial charge in [0.25, 0.3) is 0 Å². The Morgan fingerprint density at radius 3 is 1.12 bits per heavy atom. The van der Waals surface area contributed by atoms with Crippen molar-refractivity contribution in [3.05, 3.63) is 105 Å². The molecule has 0 N–H and O–H groups in total. The van der Waals surface area contributed by atoms with E-state index in [2.05, 4.69) is 0 Å². The fourth-order valence-corrected chi connectivity index (χ4v) is 3.75. The van der Waals surface area contributed by atoms with Crippen LogP contribution in [-0.2, 0) is 18.9 Å². The zero-order valence-corrected chi connectivity index (χ0v) is 20.0. The predicted octanol–water partition coefficient (Wildman–Crippen LogP) is 6.56. The molecule has 0 heterocycles. The normalized spacial score (nSPS) is 17.6. The summed E-state index contributed by atoms with van der Waals surface area (Å²) in [5.41, 5.74) is 3.41. The number of hydrogen-bond donors (Lipinski definition) is 0. The highest BCUT2D eigenvalue weighted by Gasteiger charge is 2.44. The summed E-state index contributed by atoms with van der Waals surface area (Å²) in [6.45, 7) is 0. The molecular formula is C26H26Cl2O4. The molecule has 0 saturated carbocycles. The summed E-state index contributed by atoms with van der Waals surface area (Å²) < 4.78 is 23.3. The van der Waals surface area contributed by atoms with E-state index in [1.807, 2.05) is 85.0 Å². The average Bonchev–Trinajstić information content (AvgIpc) is 2.83. The molecule has 1 aliphatic carbocycles. The van der Waals surface area contributed by atoms with Crippen molar-refractivity contribution in [3.8, 4) is 0 Å². The van der Waals surface area contributed by atoms with Gasteiger partial charge in [0.2, 0.25) is 11.6 Å². The van der Waals surface area contributed by atoms with Crippen LogP contribution in [0.2, 0.25) is 10.0 Å². The van der Waals surface area contributed by atoms with Crippen molar-refractivity contribution >= 4 is 35.4 Å². The number of benzene rings is 2. The first kappa shape index (κ1) is 24.5. The van der Waals surface area contributed by atoms with Gasteiger partial charge in [0, 0.05) is 49.6 Å². The van der Waals surface area contributed by atoms with E-state index >= 15 is 0 Å². The molecule has 2 aromatic carbocycles. The maximum atomic E-state index is 5.99. The van der Waals surface area contributed by atoms with E-state index in [9.17, 15) is 0 Å². The standard InChI is InChI=1S/C26H26Cl2O4/c1-29-25(30-2)17-22(12-6-20-9-15-24(28)16-10-20)26(31-3,32-4)18-21(25)11-5-19-7-13-23(27)14-8-19/h5-18H,1-4H3/b11-5+,12-6+. The first-order chi connectivity index (χ1) is 15.4. The van der Waals surface area contributed by atoms with Gasteiger partial charge in [-0.05, 0) is 47.5 Å². The van der Waals surface area contributed by atoms with Crippen molar-refractivity contribution < 1.29 is 18.9 Å². The molecule has 3 rings (SSSR count). The SMILES string of the molecule is COC1(OC)C=C(/C=C/c2ccc(Cl)cc2)C(OC)(OC)C=C1/C=C/c1ccc(Cl)cc1. The molecular weight excluding hydrogens is 447 g/mol. The Balaban J connectivity index is 2.03. The molecule has 1 aliphatic rings. The van der Waals surface area contributed by atoms with Crippen molar-refractivity contribution in [2.24, 2.45) is 0 Å². The van der Waals surface area contributed by atoms with Crippen LogP contribution in [0.3, 0.4) is 0 Å². The Kier molecular flexibility index (Phi) is 8.12. The number of hydrogen-bond acceptors (Lipinski definition) is 4. The summed E-state index contributed by atoms with van der Waals surface area (Å²) in [5, 5.41) is 1.36. The van der Waals surface area contributed by atoms with Crippen molar-refractivity contribution in [3.63, 3.8) is 0 Å². The Morgan fingerprint density at radius 1 is 0.531 bits per heavy atom. The van der Waals surface area contributed by atoms with Crippen LogP contribution in [0.5, 0.6) is 0 Å². The molecule has 0 aromatic heterocycles. The molecule has 0 saturated heterocycles. The second-order valence-corrected chi connectivity index (χ2v) is 7.99. The lowest BCUT2D eigenvalue weighted by Gasteiger charge is -2.40. The van der Waals surface area contributed by atoms with Gasteiger partial charge in [-0.3, -0.25) is 0 Å². The zero-order valence-electron chi connectivity index (χ0n) is 18.5. The van der Waals surface area contributed by atoms with Crippen LogP contribution in [0.15, 0.2) is 84.0 Å². The smallest absolute Gasteiger partial charge is 0.215 e. The van der Waals surface area contributed by atoms with Crippen LogP contribution in [-0.4, -0.2) is 40.0 Å². The summed E-state index contributed by atoms with van der Waals surface area (Å²) in [6.07, 6.45) is 11.4. The third-order valence-electron chi connectivity index (χ3n) is 5.36. The van der Waals surface area contributed by atoms with Crippen molar-refractivity contribution in [1.29, 1.82) is 0 Å². The van der Waals surface area contributed by atoms with E-state index in [0.29, 0.717) is 10.0 Å². The second kappa shape index (κ2) is 10.6. The summed E-state index contributed by atoms with van der Waals surface area (Å²) in [7, 11) is 6.38. The highest BCUT2D eigenvalue weighted by molar-refractivity contribution is 6.30. The minimum absolute atomic E-state index is 0.681. The zero-order chi connectivity index (χ0) is 23.2. The predicted molar refractivity (Wildman–Crippen MR) is 131 cm³/mol. The summed E-state index contributed by atoms with van der Waals surface area (Å²) >= 11 is 12.0. The molecule has 0 amide bonds. The van der Waals surface area contributed by atoms with E-state index < -0.39 is 11.6 Å². The van der Waals surface area contributed by atoms with Gasteiger partial charge >= 0.3 is 0 Å². The number of methoxy groups -OCH3 is 4. The average molecular weight is 473 g/mol. The van der Waals surface area contributed by atoms with Crippen LogP contribution in [0.1, 0.15) is 11.1 Å². The van der Waals surface area contributed by atoms with Crippen LogP contribution in [0.25, 0.3) is 12.2 Å². The van der Waals surface area contributed by atoms with Crippen LogP contribution in [0, 0.1) is 0 Å². The van der Waals surface area contributed by atoms with Gasteiger partial charge in [0.1, 0.15) is 0 Å². The van der Waals surface area contributed by atoms with Crippen molar-refractivity contribution in [2.45, 2.75) is 11.6 Å². The molecule has 4 nitrogen and oxygen atoms in total. The van der Waals surface area contributed by atoms with E-state index in [0.717, 1.165) is 22.3 Å². The molecule has 0 fully saturated rings. The van der Waals surface area contributed by atoms with Crippen molar-refractivity contribution in [1.82, 2.24) is 0 Å². The lowest BCUT2D eigenvalue weighted by molar-refractivity contribution is -0.168. The first-order valence-electron chi connectivity index (χ1n) is 9.95. The summed E-state index contributed by atoms with van der Waals surface area (Å²) in [5.74, 6) is -2.24. The van der Waals surface area contributed by atoms with Crippen molar-refractivity contribution in [2.75, 3.05) is 28.4 Å². The molecule has 0 atom stereocenters. The number of ether oxygens (including phenoxy) is 4. The van der Waals surface area contributed by atoms with Crippen LogP contribution < -0.4 is 0 Å². The minimum atomic E-state index is -1.12. The monoisotopic (exact) mass is 472 g/mol. The highest BCUT2D eigenvalue weighted by Crippen LogP contribution is 2.40. The minimum Gasteiger partial charge on any atom is -0.346 e. The number of rotatable bonds is 8. The molecule has 0 aliphatic heterocycles. The largest absolute Gasteiger partial charge is 0.346 e. The van der Waals surface area contributed by atoms with Crippen LogP contribution in [0.4, 0.5) is 0 Å². The molecule has 2 aromatic rings. The van der Waals surface area contributed by atoms with Crippen LogP contribution >= 0.6 is 23.2 Å². The fourth-order valence-electron chi connectivity index (χ4n) is 3.50. The molecule has 0 radical (unpaired) electrons. The van der Waals surface area contributed by atoms with Gasteiger partial charge in [0.05, 0.1) is 0 Å². The molecule has 32 heavy (non-hydrogen) atoms. The Hall–Kier alpha value is -2.18. The Labute approximate surface area is 199 Å². The molecule has 168 valence electrons. The third kappa shape index (κ3) is 5.24. The molecule has 0 unspecified atom stereocenters. The van der Waals surface area contributed by atoms with E-state index in [1.54, 1.807) is 28.4 Å². The van der Waals surface area contributed by atoms with Gasteiger partial charge in [-0.1, -0.05) is 71.8 Å². The second-order valence-electron chi connectivity index (χ2n) is 7.12. The van der Waals surface area contributed by atoms with Gasteiger partial charge in [0.15, 0.2) is 0 Å². The summed E-state index contributed by atoms with van der Waals surface area (Å²) in [4.78, 5) is 0. The van der Waals surface area contributed by atoms with E-state index in [1.165, 1.54) is 0 Å². The topological polar surface area (TPSA) is 36.9 Å². The maximum Gasteiger partial charge on any atom is 0.215 e. The maximum absolute atomic E-state index is 5.99. The first-order valence-corrected chi connectivity index (χ1v) is 10.7. The highest BCUT2D eigenvalue weighted by atomic mass is 35.5. The molecule has 0 spiro atoms. The van der Waals surface area contributed by atoms with Gasteiger partial charge in [-0.15, -0.1) is 0 Å². The summed E-state index contributed by atoms with van der Waals surface area (Å²) in [6, 6.07) is 15.1. The Bertz CT molecular complexity index is 941. The van der Waals surface area contributed by atoms with E-state index in [-0.39, 0.29) is 0 Å². The molecule has 0 bridgehead atoms. The third-order valence-corrected chi connectivity index (χ3v) is 5.86. The van der Waals surface area contributed by atoms with Gasteiger partial charge in [-0.25, -0.2) is 0 Å². The fraction of sp³-hybridized carbons (Fsp3) is 0.231. The lowest BCUT2D eigenvalue weighted by atomic mass is 9.87. The lowest BCUT2D eigenvalue weighted by Crippen LogP contribution is -2.44.